The van der Waals surface area contributed by atoms with E-state index < -0.39 is 17.5 Å². The maximum atomic E-state index is 12.8. The molecule has 2 N–H and O–H groups in total. The number of carbonyl (C=O) groups excluding carboxylic acids is 3. The van der Waals surface area contributed by atoms with E-state index in [1.54, 1.807) is 6.92 Å². The van der Waals surface area contributed by atoms with Crippen LogP contribution >= 0.6 is 0 Å². The smallest absolute Gasteiger partial charge is 0.325 e. The van der Waals surface area contributed by atoms with Gasteiger partial charge in [0.1, 0.15) is 12.1 Å². The quantitative estimate of drug-likeness (QED) is 0.777. The molecule has 4 amide bonds. The van der Waals surface area contributed by atoms with Crippen molar-refractivity contribution < 1.29 is 14.4 Å². The van der Waals surface area contributed by atoms with Gasteiger partial charge in [0.2, 0.25) is 5.91 Å². The lowest BCUT2D eigenvalue weighted by Gasteiger charge is -2.22. The summed E-state index contributed by atoms with van der Waals surface area (Å²) in [6.07, 6.45) is 0. The van der Waals surface area contributed by atoms with Gasteiger partial charge in [-0.05, 0) is 29.9 Å². The van der Waals surface area contributed by atoms with Crippen LogP contribution in [0.15, 0.2) is 24.3 Å². The minimum atomic E-state index is -1.15. The standard InChI is InChI=1S/C19H27N3O3/c1-12(2)10-20-16(23)11-22-17(24)19(5,21-18(22)25)15-8-6-14(7-9-15)13(3)4/h6-9,12-13H,10-11H2,1-5H3,(H,20,23)(H,21,25)/t19-/m0/s1. The summed E-state index contributed by atoms with van der Waals surface area (Å²) in [5.41, 5.74) is 0.722. The highest BCUT2D eigenvalue weighted by Gasteiger charge is 2.49. The molecule has 0 spiro atoms. The van der Waals surface area contributed by atoms with Crippen molar-refractivity contribution in [3.8, 4) is 0 Å². The average molecular weight is 345 g/mol. The Labute approximate surface area is 149 Å². The first-order valence-electron chi connectivity index (χ1n) is 8.66. The molecule has 25 heavy (non-hydrogen) atoms. The number of carbonyl (C=O) groups is 3. The number of nitrogens with one attached hydrogen (secondary N) is 2. The molecule has 1 aliphatic rings. The van der Waals surface area contributed by atoms with E-state index in [1.165, 1.54) is 0 Å². The normalized spacial score (nSPS) is 20.4. The third-order valence-corrected chi connectivity index (χ3v) is 4.44. The molecule has 1 aromatic rings. The SMILES string of the molecule is CC(C)CNC(=O)CN1C(=O)N[C@@](C)(c2ccc(C(C)C)cc2)C1=O. The molecular formula is C19H27N3O3. The zero-order chi connectivity index (χ0) is 18.8. The maximum Gasteiger partial charge on any atom is 0.325 e. The molecule has 0 bridgehead atoms. The van der Waals surface area contributed by atoms with Crippen LogP contribution in [0.1, 0.15) is 51.7 Å². The van der Waals surface area contributed by atoms with Gasteiger partial charge in [0.15, 0.2) is 0 Å². The number of hydrogen-bond acceptors (Lipinski definition) is 3. The van der Waals surface area contributed by atoms with Gasteiger partial charge in [-0.25, -0.2) is 4.79 Å². The van der Waals surface area contributed by atoms with E-state index >= 15 is 0 Å². The van der Waals surface area contributed by atoms with Gasteiger partial charge >= 0.3 is 6.03 Å². The second kappa shape index (κ2) is 7.25. The Morgan fingerprint density at radius 3 is 2.28 bits per heavy atom. The summed E-state index contributed by atoms with van der Waals surface area (Å²) in [5.74, 6) is -0.0558. The van der Waals surface area contributed by atoms with Crippen LogP contribution in [0.5, 0.6) is 0 Å². The van der Waals surface area contributed by atoms with Crippen molar-refractivity contribution in [3.63, 3.8) is 0 Å². The monoisotopic (exact) mass is 345 g/mol. The molecule has 2 rings (SSSR count). The highest BCUT2D eigenvalue weighted by atomic mass is 16.2. The minimum Gasteiger partial charge on any atom is -0.354 e. The Bertz CT molecular complexity index is 667. The number of amides is 4. The number of urea groups is 1. The van der Waals surface area contributed by atoms with Crippen LogP contribution in [-0.4, -0.2) is 35.8 Å². The van der Waals surface area contributed by atoms with Crippen molar-refractivity contribution in [2.24, 2.45) is 5.92 Å². The summed E-state index contributed by atoms with van der Waals surface area (Å²) >= 11 is 0. The summed E-state index contributed by atoms with van der Waals surface area (Å²) in [5, 5.41) is 5.45. The largest absolute Gasteiger partial charge is 0.354 e. The van der Waals surface area contributed by atoms with E-state index in [2.05, 4.69) is 24.5 Å². The molecule has 0 aromatic heterocycles. The van der Waals surface area contributed by atoms with Crippen LogP contribution in [0.3, 0.4) is 0 Å². The van der Waals surface area contributed by atoms with Gasteiger partial charge in [0.05, 0.1) is 0 Å². The Hall–Kier alpha value is -2.37. The first kappa shape index (κ1) is 19.0. The lowest BCUT2D eigenvalue weighted by atomic mass is 9.90. The Kier molecular flexibility index (Phi) is 5.50. The van der Waals surface area contributed by atoms with Gasteiger partial charge in [-0.15, -0.1) is 0 Å². The van der Waals surface area contributed by atoms with E-state index in [1.807, 2.05) is 38.1 Å². The fourth-order valence-corrected chi connectivity index (χ4v) is 2.76. The number of imide groups is 1. The molecule has 0 radical (unpaired) electrons. The molecule has 136 valence electrons. The van der Waals surface area contributed by atoms with Crippen LogP contribution in [0.4, 0.5) is 4.79 Å². The molecule has 1 aromatic carbocycles. The van der Waals surface area contributed by atoms with E-state index in [0.717, 1.165) is 10.5 Å². The van der Waals surface area contributed by atoms with Gasteiger partial charge in [-0.1, -0.05) is 52.0 Å². The van der Waals surface area contributed by atoms with Crippen LogP contribution < -0.4 is 10.6 Å². The zero-order valence-electron chi connectivity index (χ0n) is 15.6. The van der Waals surface area contributed by atoms with E-state index in [-0.39, 0.29) is 12.5 Å². The molecule has 1 fully saturated rings. The van der Waals surface area contributed by atoms with Crippen molar-refractivity contribution in [3.05, 3.63) is 35.4 Å². The molecule has 1 heterocycles. The van der Waals surface area contributed by atoms with Gasteiger partial charge in [-0.2, -0.15) is 0 Å². The van der Waals surface area contributed by atoms with Crippen molar-refractivity contribution in [1.29, 1.82) is 0 Å². The number of hydrogen-bond donors (Lipinski definition) is 2. The highest BCUT2D eigenvalue weighted by molar-refractivity contribution is 6.09. The minimum absolute atomic E-state index is 0.267. The number of benzene rings is 1. The summed E-state index contributed by atoms with van der Waals surface area (Å²) in [6.45, 7) is 10.1. The topological polar surface area (TPSA) is 78.5 Å². The van der Waals surface area contributed by atoms with E-state index in [0.29, 0.717) is 23.9 Å². The third kappa shape index (κ3) is 4.00. The lowest BCUT2D eigenvalue weighted by molar-refractivity contribution is -0.134. The highest BCUT2D eigenvalue weighted by Crippen LogP contribution is 2.29. The predicted molar refractivity (Wildman–Crippen MR) is 96.0 cm³/mol. The lowest BCUT2D eigenvalue weighted by Crippen LogP contribution is -2.43. The Morgan fingerprint density at radius 1 is 1.16 bits per heavy atom. The first-order chi connectivity index (χ1) is 11.6. The average Bonchev–Trinajstić information content (AvgIpc) is 2.77. The molecule has 6 heteroatoms. The third-order valence-electron chi connectivity index (χ3n) is 4.44. The first-order valence-corrected chi connectivity index (χ1v) is 8.66. The molecule has 0 saturated carbocycles. The van der Waals surface area contributed by atoms with Crippen molar-refractivity contribution in [1.82, 2.24) is 15.5 Å². The van der Waals surface area contributed by atoms with Crippen molar-refractivity contribution >= 4 is 17.8 Å². The van der Waals surface area contributed by atoms with Gasteiger partial charge in [0.25, 0.3) is 5.91 Å². The second-order valence-corrected chi connectivity index (χ2v) is 7.42. The summed E-state index contributed by atoms with van der Waals surface area (Å²) in [6, 6.07) is 7.09. The zero-order valence-corrected chi connectivity index (χ0v) is 15.6. The molecular weight excluding hydrogens is 318 g/mol. The fourth-order valence-electron chi connectivity index (χ4n) is 2.76. The molecule has 6 nitrogen and oxygen atoms in total. The Morgan fingerprint density at radius 2 is 1.76 bits per heavy atom. The summed E-state index contributed by atoms with van der Waals surface area (Å²) in [4.78, 5) is 38.0. The van der Waals surface area contributed by atoms with Crippen molar-refractivity contribution in [2.45, 2.75) is 46.1 Å². The van der Waals surface area contributed by atoms with Gasteiger partial charge in [-0.3, -0.25) is 14.5 Å². The van der Waals surface area contributed by atoms with Crippen molar-refractivity contribution in [2.75, 3.05) is 13.1 Å². The van der Waals surface area contributed by atoms with Crippen LogP contribution in [0.25, 0.3) is 0 Å². The molecule has 1 saturated heterocycles. The van der Waals surface area contributed by atoms with Crippen LogP contribution in [0, 0.1) is 5.92 Å². The molecule has 0 unspecified atom stereocenters. The second-order valence-electron chi connectivity index (χ2n) is 7.42. The fraction of sp³-hybridized carbons (Fsp3) is 0.526. The Balaban J connectivity index is 2.14. The molecule has 0 aliphatic carbocycles. The number of rotatable bonds is 6. The summed E-state index contributed by atoms with van der Waals surface area (Å²) < 4.78 is 0. The molecule has 1 aliphatic heterocycles. The van der Waals surface area contributed by atoms with E-state index in [9.17, 15) is 14.4 Å². The van der Waals surface area contributed by atoms with Crippen LogP contribution in [0.2, 0.25) is 0 Å². The van der Waals surface area contributed by atoms with Crippen LogP contribution in [-0.2, 0) is 15.1 Å². The predicted octanol–water partition coefficient (Wildman–Crippen LogP) is 2.35. The molecule has 1 atom stereocenters. The number of nitrogens with zero attached hydrogens (tertiary/aromatic N) is 1. The summed E-state index contributed by atoms with van der Waals surface area (Å²) in [7, 11) is 0. The van der Waals surface area contributed by atoms with Gasteiger partial charge < -0.3 is 10.6 Å². The van der Waals surface area contributed by atoms with Gasteiger partial charge in [0, 0.05) is 6.54 Å². The van der Waals surface area contributed by atoms with E-state index in [4.69, 9.17) is 0 Å². The maximum absolute atomic E-state index is 12.8.